The van der Waals surface area contributed by atoms with Crippen LogP contribution >= 0.6 is 0 Å². The van der Waals surface area contributed by atoms with Crippen LogP contribution in [0.3, 0.4) is 0 Å². The second-order valence-corrected chi connectivity index (χ2v) is 11.0. The Morgan fingerprint density at radius 2 is 1.96 bits per heavy atom. The van der Waals surface area contributed by atoms with E-state index < -0.39 is 24.6 Å². The van der Waals surface area contributed by atoms with Crippen molar-refractivity contribution in [3.05, 3.63) is 0 Å². The van der Waals surface area contributed by atoms with Crippen LogP contribution in [0.25, 0.3) is 0 Å². The first-order valence-corrected chi connectivity index (χ1v) is 11.0. The zero-order chi connectivity index (χ0) is 17.7. The highest BCUT2D eigenvalue weighted by molar-refractivity contribution is 7.92. The molecule has 1 saturated heterocycles. The van der Waals surface area contributed by atoms with Crippen LogP contribution in [0.1, 0.15) is 27.2 Å². The average molecular weight is 369 g/mol. The number of guanidine groups is 1. The predicted molar refractivity (Wildman–Crippen MR) is 92.9 cm³/mol. The Hall–Kier alpha value is -0.870. The molecule has 1 aliphatic heterocycles. The van der Waals surface area contributed by atoms with Crippen LogP contribution in [-0.4, -0.2) is 77.2 Å². The molecule has 0 aliphatic carbocycles. The summed E-state index contributed by atoms with van der Waals surface area (Å²) in [5.41, 5.74) is 0. The van der Waals surface area contributed by atoms with E-state index in [1.807, 2.05) is 4.90 Å². The zero-order valence-electron chi connectivity index (χ0n) is 14.3. The molecule has 0 amide bonds. The molecule has 23 heavy (non-hydrogen) atoms. The Labute approximate surface area is 139 Å². The van der Waals surface area contributed by atoms with E-state index in [1.54, 1.807) is 27.8 Å². The normalized spacial score (nSPS) is 21.2. The molecule has 1 heterocycles. The topological polar surface area (TPSA) is 108 Å². The van der Waals surface area contributed by atoms with Crippen LogP contribution < -0.4 is 10.0 Å². The third-order valence-electron chi connectivity index (χ3n) is 3.89. The summed E-state index contributed by atoms with van der Waals surface area (Å²) in [6.07, 6.45) is 0.619. The molecule has 0 bridgehead atoms. The van der Waals surface area contributed by atoms with Gasteiger partial charge in [0.15, 0.2) is 15.8 Å². The van der Waals surface area contributed by atoms with Crippen molar-refractivity contribution >= 4 is 25.8 Å². The second-order valence-electron chi connectivity index (χ2n) is 6.13. The van der Waals surface area contributed by atoms with Crippen LogP contribution in [-0.2, 0) is 19.9 Å². The standard InChI is InChI=1S/C13H28N4O4S2/c1-5-23(20,21)16-8-6-7-15-12(14-4)17-9-10-22(18,19)13(2,3)11-17/h16H,5-11H2,1-4H3,(H,14,15). The van der Waals surface area contributed by atoms with Gasteiger partial charge in [-0.25, -0.2) is 21.6 Å². The number of sulfonamides is 1. The van der Waals surface area contributed by atoms with Crippen LogP contribution in [0.4, 0.5) is 0 Å². The van der Waals surface area contributed by atoms with Gasteiger partial charge in [-0.2, -0.15) is 0 Å². The van der Waals surface area contributed by atoms with Gasteiger partial charge in [-0.05, 0) is 27.2 Å². The van der Waals surface area contributed by atoms with Crippen molar-refractivity contribution in [2.75, 3.05) is 44.7 Å². The zero-order valence-corrected chi connectivity index (χ0v) is 15.9. The fourth-order valence-electron chi connectivity index (χ4n) is 2.28. The monoisotopic (exact) mass is 368 g/mol. The van der Waals surface area contributed by atoms with E-state index in [-0.39, 0.29) is 11.5 Å². The van der Waals surface area contributed by atoms with Gasteiger partial charge in [0, 0.05) is 33.2 Å². The van der Waals surface area contributed by atoms with Crippen molar-refractivity contribution in [2.45, 2.75) is 31.9 Å². The van der Waals surface area contributed by atoms with Crippen molar-refractivity contribution in [3.8, 4) is 0 Å². The third kappa shape index (κ3) is 5.61. The largest absolute Gasteiger partial charge is 0.356 e. The maximum Gasteiger partial charge on any atom is 0.211 e. The lowest BCUT2D eigenvalue weighted by atomic mass is 10.2. The van der Waals surface area contributed by atoms with Gasteiger partial charge in [0.1, 0.15) is 0 Å². The molecular formula is C13H28N4O4S2. The van der Waals surface area contributed by atoms with Gasteiger partial charge in [-0.1, -0.05) is 0 Å². The van der Waals surface area contributed by atoms with Gasteiger partial charge in [-0.15, -0.1) is 0 Å². The first kappa shape index (κ1) is 20.2. The summed E-state index contributed by atoms with van der Waals surface area (Å²) in [7, 11) is -4.59. The minimum atomic E-state index is -3.16. The number of rotatable bonds is 6. The minimum absolute atomic E-state index is 0.0689. The van der Waals surface area contributed by atoms with Gasteiger partial charge < -0.3 is 10.2 Å². The maximum atomic E-state index is 12.0. The van der Waals surface area contributed by atoms with Crippen molar-refractivity contribution in [1.29, 1.82) is 0 Å². The Balaban J connectivity index is 2.47. The lowest BCUT2D eigenvalue weighted by Gasteiger charge is -2.39. The summed E-state index contributed by atoms with van der Waals surface area (Å²) in [4.78, 5) is 6.11. The molecule has 2 N–H and O–H groups in total. The van der Waals surface area contributed by atoms with E-state index >= 15 is 0 Å². The van der Waals surface area contributed by atoms with Crippen LogP contribution in [0.2, 0.25) is 0 Å². The Morgan fingerprint density at radius 1 is 1.30 bits per heavy atom. The van der Waals surface area contributed by atoms with Gasteiger partial charge >= 0.3 is 0 Å². The highest BCUT2D eigenvalue weighted by Gasteiger charge is 2.40. The number of nitrogens with zero attached hydrogens (tertiary/aromatic N) is 2. The van der Waals surface area contributed by atoms with Crippen molar-refractivity contribution in [1.82, 2.24) is 14.9 Å². The maximum absolute atomic E-state index is 12.0. The smallest absolute Gasteiger partial charge is 0.211 e. The van der Waals surface area contributed by atoms with Crippen LogP contribution in [0.5, 0.6) is 0 Å². The molecule has 0 unspecified atom stereocenters. The molecule has 0 atom stereocenters. The third-order valence-corrected chi connectivity index (χ3v) is 7.83. The lowest BCUT2D eigenvalue weighted by molar-refractivity contribution is 0.353. The minimum Gasteiger partial charge on any atom is -0.356 e. The molecule has 0 aromatic carbocycles. The number of aliphatic imine (C=N–C) groups is 1. The molecule has 0 saturated carbocycles. The second kappa shape index (κ2) is 7.80. The SMILES string of the molecule is CCS(=O)(=O)NCCCNC(=NC)N1CCS(=O)(=O)C(C)(C)C1. The molecule has 0 radical (unpaired) electrons. The summed E-state index contributed by atoms with van der Waals surface area (Å²) in [6.45, 7) is 6.76. The Morgan fingerprint density at radius 3 is 2.48 bits per heavy atom. The highest BCUT2D eigenvalue weighted by Crippen LogP contribution is 2.23. The van der Waals surface area contributed by atoms with Gasteiger partial charge in [-0.3, -0.25) is 4.99 Å². The molecule has 1 rings (SSSR count). The number of hydrogen-bond acceptors (Lipinski definition) is 5. The molecule has 136 valence electrons. The van der Waals surface area contributed by atoms with E-state index in [9.17, 15) is 16.8 Å². The molecule has 1 fully saturated rings. The van der Waals surface area contributed by atoms with E-state index in [4.69, 9.17) is 0 Å². The van der Waals surface area contributed by atoms with E-state index in [2.05, 4.69) is 15.0 Å². The molecule has 0 aromatic heterocycles. The van der Waals surface area contributed by atoms with Crippen molar-refractivity contribution < 1.29 is 16.8 Å². The number of nitrogens with one attached hydrogen (secondary N) is 2. The molecule has 8 nitrogen and oxygen atoms in total. The quantitative estimate of drug-likeness (QED) is 0.368. The van der Waals surface area contributed by atoms with E-state index in [1.165, 1.54) is 0 Å². The molecule has 0 spiro atoms. The fraction of sp³-hybridized carbons (Fsp3) is 0.923. The summed E-state index contributed by atoms with van der Waals surface area (Å²) in [5, 5.41) is 3.15. The van der Waals surface area contributed by atoms with E-state index in [0.29, 0.717) is 38.6 Å². The number of hydrogen-bond donors (Lipinski definition) is 2. The first-order chi connectivity index (χ1) is 10.5. The summed E-state index contributed by atoms with van der Waals surface area (Å²) >= 11 is 0. The van der Waals surface area contributed by atoms with Crippen LogP contribution in [0, 0.1) is 0 Å². The molecular weight excluding hydrogens is 340 g/mol. The van der Waals surface area contributed by atoms with Crippen molar-refractivity contribution in [3.63, 3.8) is 0 Å². The summed E-state index contributed by atoms with van der Waals surface area (Å²) in [5.74, 6) is 0.822. The first-order valence-electron chi connectivity index (χ1n) is 7.70. The Bertz CT molecular complexity index is 626. The summed E-state index contributed by atoms with van der Waals surface area (Å²) in [6, 6.07) is 0. The van der Waals surface area contributed by atoms with E-state index in [0.717, 1.165) is 0 Å². The van der Waals surface area contributed by atoms with Crippen LogP contribution in [0.15, 0.2) is 4.99 Å². The number of sulfone groups is 1. The van der Waals surface area contributed by atoms with Gasteiger partial charge in [0.2, 0.25) is 10.0 Å². The Kier molecular flexibility index (Phi) is 6.84. The lowest BCUT2D eigenvalue weighted by Crippen LogP contribution is -2.57. The van der Waals surface area contributed by atoms with Gasteiger partial charge in [0.25, 0.3) is 0 Å². The highest BCUT2D eigenvalue weighted by atomic mass is 32.2. The average Bonchev–Trinajstić information content (AvgIpc) is 2.46. The van der Waals surface area contributed by atoms with Crippen molar-refractivity contribution in [2.24, 2.45) is 4.99 Å². The van der Waals surface area contributed by atoms with Gasteiger partial charge in [0.05, 0.1) is 16.3 Å². The summed E-state index contributed by atoms with van der Waals surface area (Å²) < 4.78 is 48.4. The fourth-order valence-corrected chi connectivity index (χ4v) is 4.30. The predicted octanol–water partition coefficient (Wildman–Crippen LogP) is -0.600. The molecule has 0 aromatic rings. The molecule has 10 heteroatoms. The molecule has 1 aliphatic rings.